The third-order valence-corrected chi connectivity index (χ3v) is 6.94. The fourth-order valence-corrected chi connectivity index (χ4v) is 5.32. The average Bonchev–Trinajstić information content (AvgIpc) is 3.32. The summed E-state index contributed by atoms with van der Waals surface area (Å²) in [5, 5.41) is 0.771. The summed E-state index contributed by atoms with van der Waals surface area (Å²) in [5.74, 6) is 2.57. The van der Waals surface area contributed by atoms with Crippen LogP contribution >= 0.6 is 11.3 Å². The van der Waals surface area contributed by atoms with Gasteiger partial charge in [-0.15, -0.1) is 11.3 Å². The van der Waals surface area contributed by atoms with Crippen LogP contribution in [0.4, 0.5) is 0 Å². The summed E-state index contributed by atoms with van der Waals surface area (Å²) < 4.78 is 13.7. The molecule has 1 unspecified atom stereocenters. The zero-order valence-corrected chi connectivity index (χ0v) is 18.0. The third kappa shape index (κ3) is 2.89. The van der Waals surface area contributed by atoms with Crippen molar-refractivity contribution in [2.24, 2.45) is 0 Å². The first-order valence-corrected chi connectivity index (χ1v) is 11.0. The van der Waals surface area contributed by atoms with Gasteiger partial charge in [-0.25, -0.2) is 4.98 Å². The van der Waals surface area contributed by atoms with E-state index in [1.54, 1.807) is 11.3 Å². The molecule has 6 heteroatoms. The molecule has 0 spiro atoms. The summed E-state index contributed by atoms with van der Waals surface area (Å²) >= 11 is 1.60. The Morgan fingerprint density at radius 1 is 1.38 bits per heavy atom. The maximum absolute atomic E-state index is 13.1. The number of thiophene rings is 1. The van der Waals surface area contributed by atoms with Crippen LogP contribution in [-0.4, -0.2) is 22.3 Å². The molecule has 5 rings (SSSR count). The topological polar surface area (TPSA) is 53.4 Å². The highest BCUT2D eigenvalue weighted by atomic mass is 32.1. The summed E-state index contributed by atoms with van der Waals surface area (Å²) in [4.78, 5) is 19.9. The van der Waals surface area contributed by atoms with Crippen molar-refractivity contribution >= 4 is 33.2 Å². The maximum atomic E-state index is 13.1. The Labute approximate surface area is 173 Å². The van der Waals surface area contributed by atoms with Crippen molar-refractivity contribution in [1.82, 2.24) is 9.55 Å². The van der Waals surface area contributed by atoms with Crippen LogP contribution < -0.4 is 15.0 Å². The molecule has 0 bridgehead atoms. The molecule has 1 aromatic carbocycles. The number of ether oxygens (including phenoxy) is 2. The minimum atomic E-state index is 0.0754. The summed E-state index contributed by atoms with van der Waals surface area (Å²) in [6.45, 7) is 9.41. The van der Waals surface area contributed by atoms with Crippen molar-refractivity contribution in [3.05, 3.63) is 49.9 Å². The molecule has 2 aliphatic rings. The molecule has 0 fully saturated rings. The van der Waals surface area contributed by atoms with Gasteiger partial charge in [0.25, 0.3) is 5.56 Å². The smallest absolute Gasteiger partial charge is 0.262 e. The molecule has 0 saturated carbocycles. The lowest BCUT2D eigenvalue weighted by Gasteiger charge is -2.11. The fourth-order valence-electron chi connectivity index (χ4n) is 4.30. The second-order valence-corrected chi connectivity index (χ2v) is 9.04. The molecular formula is C23H24N2O3S. The molecule has 0 radical (unpaired) electrons. The van der Waals surface area contributed by atoms with E-state index in [1.165, 1.54) is 5.56 Å². The van der Waals surface area contributed by atoms with Gasteiger partial charge < -0.3 is 9.47 Å². The summed E-state index contributed by atoms with van der Waals surface area (Å²) in [5.41, 5.74) is 4.37. The Morgan fingerprint density at radius 2 is 2.21 bits per heavy atom. The molecule has 0 N–H and O–H groups in total. The number of hydrogen-bond acceptors (Lipinski definition) is 5. The number of rotatable bonds is 3. The van der Waals surface area contributed by atoms with Crippen LogP contribution in [0.3, 0.4) is 0 Å². The number of aromatic nitrogens is 2. The molecule has 2 aliphatic heterocycles. The van der Waals surface area contributed by atoms with Gasteiger partial charge >= 0.3 is 0 Å². The quantitative estimate of drug-likeness (QED) is 0.628. The lowest BCUT2D eigenvalue weighted by Crippen LogP contribution is -2.20. The van der Waals surface area contributed by atoms with Crippen LogP contribution in [0, 0.1) is 13.8 Å². The number of fused-ring (bicyclic) bond motifs is 3. The number of benzene rings is 1. The predicted molar refractivity (Wildman–Crippen MR) is 117 cm³/mol. The Bertz CT molecular complexity index is 1240. The average molecular weight is 409 g/mol. The highest BCUT2D eigenvalue weighted by Crippen LogP contribution is 2.38. The van der Waals surface area contributed by atoms with E-state index in [2.05, 4.69) is 25.1 Å². The highest BCUT2D eigenvalue weighted by Gasteiger charge is 2.25. The van der Waals surface area contributed by atoms with Gasteiger partial charge in [0.15, 0.2) is 0 Å². The first-order valence-electron chi connectivity index (χ1n) is 10.1. The second kappa shape index (κ2) is 6.73. The normalized spacial score (nSPS) is 18.9. The fraction of sp³-hybridized carbons (Fsp3) is 0.391. The Morgan fingerprint density at radius 3 is 3.00 bits per heavy atom. The Hall–Kier alpha value is -2.60. The lowest BCUT2D eigenvalue weighted by molar-refractivity contribution is 0.254. The molecule has 4 heterocycles. The molecule has 150 valence electrons. The van der Waals surface area contributed by atoms with E-state index in [0.717, 1.165) is 62.0 Å². The number of aryl methyl sites for hydroxylation is 2. The molecule has 0 saturated heterocycles. The van der Waals surface area contributed by atoms with E-state index < -0.39 is 0 Å². The van der Waals surface area contributed by atoms with Crippen molar-refractivity contribution < 1.29 is 9.47 Å². The van der Waals surface area contributed by atoms with Crippen LogP contribution in [0.5, 0.6) is 11.5 Å². The first kappa shape index (κ1) is 18.4. The summed E-state index contributed by atoms with van der Waals surface area (Å²) in [6, 6.07) is 4.16. The maximum Gasteiger partial charge on any atom is 0.262 e. The van der Waals surface area contributed by atoms with Crippen molar-refractivity contribution in [2.45, 2.75) is 53.2 Å². The van der Waals surface area contributed by atoms with Gasteiger partial charge in [0, 0.05) is 29.0 Å². The predicted octanol–water partition coefficient (Wildman–Crippen LogP) is 4.74. The van der Waals surface area contributed by atoms with Crippen molar-refractivity contribution in [3.8, 4) is 11.5 Å². The Kier molecular flexibility index (Phi) is 4.28. The van der Waals surface area contributed by atoms with Gasteiger partial charge in [0.1, 0.15) is 28.3 Å². The van der Waals surface area contributed by atoms with Gasteiger partial charge in [-0.1, -0.05) is 0 Å². The van der Waals surface area contributed by atoms with E-state index in [1.807, 2.05) is 25.3 Å². The first-order chi connectivity index (χ1) is 14.0. The summed E-state index contributed by atoms with van der Waals surface area (Å²) in [6.07, 6.45) is 3.99. The van der Waals surface area contributed by atoms with Crippen molar-refractivity contribution in [3.63, 3.8) is 0 Å². The van der Waals surface area contributed by atoms with Crippen LogP contribution in [0.2, 0.25) is 0 Å². The third-order valence-electron chi connectivity index (χ3n) is 5.84. The van der Waals surface area contributed by atoms with Gasteiger partial charge in [0.2, 0.25) is 0 Å². The van der Waals surface area contributed by atoms with E-state index >= 15 is 0 Å². The van der Waals surface area contributed by atoms with Crippen LogP contribution in [0.1, 0.15) is 47.7 Å². The van der Waals surface area contributed by atoms with E-state index in [4.69, 9.17) is 14.5 Å². The van der Waals surface area contributed by atoms with Gasteiger partial charge in [0.05, 0.1) is 12.0 Å². The minimum Gasteiger partial charge on any atom is -0.493 e. The zero-order valence-electron chi connectivity index (χ0n) is 17.2. The van der Waals surface area contributed by atoms with Crippen molar-refractivity contribution in [2.75, 3.05) is 6.61 Å². The zero-order chi connectivity index (χ0) is 20.3. The summed E-state index contributed by atoms with van der Waals surface area (Å²) in [7, 11) is 0. The standard InChI is InChI=1S/C23H24N2O3S/c1-5-27-18-10-16-8-12(2)28-19(16)11-17(18)9-15-6-7-25-21(15)24-22-20(23(25)26)13(3)14(4)29-22/h9-12H,5-8H2,1-4H3/b15-9+. The van der Waals surface area contributed by atoms with Crippen LogP contribution in [0.15, 0.2) is 16.9 Å². The van der Waals surface area contributed by atoms with Crippen LogP contribution in [0.25, 0.3) is 21.9 Å². The monoisotopic (exact) mass is 408 g/mol. The van der Waals surface area contributed by atoms with E-state index in [0.29, 0.717) is 13.2 Å². The molecule has 0 aliphatic carbocycles. The van der Waals surface area contributed by atoms with Gasteiger partial charge in [-0.2, -0.15) is 0 Å². The second-order valence-electron chi connectivity index (χ2n) is 7.84. The molecule has 1 atom stereocenters. The molecule has 0 amide bonds. The SMILES string of the molecule is CCOc1cc2c(cc1/C=C1\CCn3c1nc1sc(C)c(C)c1c3=O)OC(C)C2. The largest absolute Gasteiger partial charge is 0.493 e. The van der Waals surface area contributed by atoms with Crippen LogP contribution in [-0.2, 0) is 13.0 Å². The highest BCUT2D eigenvalue weighted by molar-refractivity contribution is 7.18. The van der Waals surface area contributed by atoms with E-state index in [-0.39, 0.29) is 11.7 Å². The number of allylic oxidation sites excluding steroid dienone is 1. The molecule has 3 aromatic rings. The number of nitrogens with zero attached hydrogens (tertiary/aromatic N) is 2. The molecule has 2 aromatic heterocycles. The molecule has 29 heavy (non-hydrogen) atoms. The molecule has 5 nitrogen and oxygen atoms in total. The van der Waals surface area contributed by atoms with Gasteiger partial charge in [-0.3, -0.25) is 9.36 Å². The van der Waals surface area contributed by atoms with Gasteiger partial charge in [-0.05, 0) is 63.5 Å². The molecular weight excluding hydrogens is 384 g/mol. The van der Waals surface area contributed by atoms with E-state index in [9.17, 15) is 4.79 Å². The lowest BCUT2D eigenvalue weighted by atomic mass is 10.0. The van der Waals surface area contributed by atoms with Crippen molar-refractivity contribution in [1.29, 1.82) is 0 Å². The number of hydrogen-bond donors (Lipinski definition) is 0. The minimum absolute atomic E-state index is 0.0754. The Balaban J connectivity index is 1.65.